The zero-order valence-corrected chi connectivity index (χ0v) is 7.98. The van der Waals surface area contributed by atoms with Gasteiger partial charge in [0.1, 0.15) is 0 Å². The summed E-state index contributed by atoms with van der Waals surface area (Å²) in [6.45, 7) is 0. The molecule has 0 saturated heterocycles. The van der Waals surface area contributed by atoms with Gasteiger partial charge in [0.05, 0.1) is 0 Å². The fourth-order valence-electron chi connectivity index (χ4n) is 0.960. The molecule has 4 nitrogen and oxygen atoms in total. The van der Waals surface area contributed by atoms with E-state index in [2.05, 4.69) is 3.07 Å². The van der Waals surface area contributed by atoms with Crippen LogP contribution in [0, 0.1) is 3.57 Å². The van der Waals surface area contributed by atoms with Crippen LogP contribution in [-0.2, 0) is 3.07 Å². The van der Waals surface area contributed by atoms with Crippen molar-refractivity contribution >= 4 is 26.6 Å². The Kier molecular flexibility index (Phi) is 1.69. The maximum absolute atomic E-state index is 11.0. The molecule has 5 heteroatoms. The van der Waals surface area contributed by atoms with Gasteiger partial charge < -0.3 is 0 Å². The summed E-state index contributed by atoms with van der Waals surface area (Å²) in [6, 6.07) is 4.27. The van der Waals surface area contributed by atoms with E-state index in [4.69, 9.17) is 5.11 Å². The average Bonchev–Trinajstić information content (AvgIpc) is 2.28. The molecule has 1 aliphatic rings. The Labute approximate surface area is 76.3 Å². The Morgan fingerprint density at radius 3 is 2.92 bits per heavy atom. The minimum absolute atomic E-state index is 0.0110. The molecule has 64 valence electrons. The zero-order chi connectivity index (χ0) is 8.72. The molecule has 1 aromatic carbocycles. The normalized spacial score (nSPS) is 17.4. The van der Waals surface area contributed by atoms with Crippen LogP contribution in [0.3, 0.4) is 0 Å². The number of phenols is 1. The van der Waals surface area contributed by atoms with Crippen LogP contribution in [0.25, 0.3) is 0 Å². The number of benzene rings is 1. The Morgan fingerprint density at radius 2 is 2.17 bits per heavy atom. The molecule has 0 radical (unpaired) electrons. The molecule has 0 fully saturated rings. The molecule has 2 rings (SSSR count). The molecule has 0 atom stereocenters. The summed E-state index contributed by atoms with van der Waals surface area (Å²) in [4.78, 5) is 11.0. The predicted octanol–water partition coefficient (Wildman–Crippen LogP) is 1.06. The molecule has 0 unspecified atom stereocenters. The number of hydrogen-bond acceptors (Lipinski definition) is 4. The van der Waals surface area contributed by atoms with E-state index in [0.29, 0.717) is 9.13 Å². The molecular weight excluding hydrogens is 275 g/mol. The van der Waals surface area contributed by atoms with Crippen LogP contribution in [0.2, 0.25) is 0 Å². The topological polar surface area (TPSA) is 66.8 Å². The van der Waals surface area contributed by atoms with Gasteiger partial charge in [-0.05, 0) is 0 Å². The van der Waals surface area contributed by atoms with E-state index in [9.17, 15) is 8.23 Å². The molecule has 0 aromatic heterocycles. The average molecular weight is 280 g/mol. The van der Waals surface area contributed by atoms with Crippen molar-refractivity contribution in [3.8, 4) is 5.75 Å². The Hall–Kier alpha value is -0.820. The summed E-state index contributed by atoms with van der Waals surface area (Å²) in [7, 11) is 0. The number of carbonyl (C=O) groups excluding carboxylic acids is 1. The van der Waals surface area contributed by atoms with Crippen molar-refractivity contribution in [3.05, 3.63) is 27.3 Å². The van der Waals surface area contributed by atoms with Gasteiger partial charge in [0, 0.05) is 0 Å². The summed E-state index contributed by atoms with van der Waals surface area (Å²) in [5, 5.41) is 9.03. The van der Waals surface area contributed by atoms with Crippen LogP contribution in [0.5, 0.6) is 5.75 Å². The summed E-state index contributed by atoms with van der Waals surface area (Å²) in [5.41, 5.74) is 0.294. The number of carbonyl (C=O) groups is 1. The predicted molar refractivity (Wildman–Crippen MR) is 48.5 cm³/mol. The third kappa shape index (κ3) is 1.05. The third-order valence-corrected chi connectivity index (χ3v) is 4.24. The van der Waals surface area contributed by atoms with E-state index in [0.717, 1.165) is 0 Å². The van der Waals surface area contributed by atoms with E-state index in [-0.39, 0.29) is 5.75 Å². The molecule has 0 saturated carbocycles. The van der Waals surface area contributed by atoms with E-state index in [1.54, 1.807) is 0 Å². The van der Waals surface area contributed by atoms with E-state index >= 15 is 0 Å². The molecule has 0 aliphatic carbocycles. The molecule has 1 aliphatic heterocycles. The van der Waals surface area contributed by atoms with Crippen molar-refractivity contribution in [1.82, 2.24) is 0 Å². The van der Waals surface area contributed by atoms with Gasteiger partial charge in [0.15, 0.2) is 0 Å². The van der Waals surface area contributed by atoms with E-state index < -0.39 is 26.6 Å². The zero-order valence-electron chi connectivity index (χ0n) is 5.82. The molecule has 2 N–H and O–H groups in total. The van der Waals surface area contributed by atoms with Crippen LogP contribution < -0.4 is 0 Å². The molecule has 0 amide bonds. The van der Waals surface area contributed by atoms with Gasteiger partial charge in [-0.25, -0.2) is 0 Å². The van der Waals surface area contributed by atoms with Crippen molar-refractivity contribution < 1.29 is 16.4 Å². The minimum atomic E-state index is -2.65. The molecule has 1 aromatic rings. The molecule has 12 heavy (non-hydrogen) atoms. The fraction of sp³-hybridized carbons (Fsp3) is 0. The van der Waals surface area contributed by atoms with Crippen molar-refractivity contribution in [2.45, 2.75) is 0 Å². The van der Waals surface area contributed by atoms with Gasteiger partial charge in [-0.15, -0.1) is 0 Å². The van der Waals surface area contributed by atoms with Crippen LogP contribution >= 0.6 is 20.6 Å². The molecule has 0 spiro atoms. The first-order chi connectivity index (χ1) is 5.68. The number of rotatable bonds is 0. The first kappa shape index (κ1) is 7.81. The van der Waals surface area contributed by atoms with Gasteiger partial charge in [-0.2, -0.15) is 0 Å². The van der Waals surface area contributed by atoms with Gasteiger partial charge in [0.25, 0.3) is 0 Å². The molecular formula is C7H5IO4. The maximum atomic E-state index is 11.0. The van der Waals surface area contributed by atoms with Crippen molar-refractivity contribution in [2.75, 3.05) is 0 Å². The number of hydrogen-bond donors (Lipinski definition) is 2. The summed E-state index contributed by atoms with van der Waals surface area (Å²) < 4.78 is 14.5. The SMILES string of the molecule is O=C1OI(O)c2ccc(O)cc21. The second-order valence-electron chi connectivity index (χ2n) is 2.26. The molecule has 1 heterocycles. The summed E-state index contributed by atoms with van der Waals surface area (Å²) in [5.74, 6) is -0.523. The van der Waals surface area contributed by atoms with Crippen LogP contribution in [0.4, 0.5) is 0 Å². The number of aromatic hydroxyl groups is 1. The van der Waals surface area contributed by atoms with Gasteiger partial charge >= 0.3 is 76.1 Å². The van der Waals surface area contributed by atoms with Crippen LogP contribution in [0.15, 0.2) is 18.2 Å². The fourth-order valence-corrected chi connectivity index (χ4v) is 3.17. The Balaban J connectivity index is 2.60. The molecule has 0 bridgehead atoms. The monoisotopic (exact) mass is 280 g/mol. The Morgan fingerprint density at radius 1 is 1.42 bits per heavy atom. The van der Waals surface area contributed by atoms with Crippen LogP contribution in [-0.4, -0.2) is 14.5 Å². The van der Waals surface area contributed by atoms with Crippen molar-refractivity contribution in [3.63, 3.8) is 0 Å². The van der Waals surface area contributed by atoms with Gasteiger partial charge in [-0.1, -0.05) is 0 Å². The van der Waals surface area contributed by atoms with Crippen molar-refractivity contribution in [2.24, 2.45) is 0 Å². The van der Waals surface area contributed by atoms with Crippen molar-refractivity contribution in [1.29, 1.82) is 0 Å². The van der Waals surface area contributed by atoms with Gasteiger partial charge in [-0.3, -0.25) is 0 Å². The Bertz CT molecular complexity index is 349. The number of fused-ring (bicyclic) bond motifs is 1. The quantitative estimate of drug-likeness (QED) is 0.697. The summed E-state index contributed by atoms with van der Waals surface area (Å²) in [6.07, 6.45) is 0. The second-order valence-corrected chi connectivity index (χ2v) is 5.18. The first-order valence-electron chi connectivity index (χ1n) is 3.13. The first-order valence-corrected chi connectivity index (χ1v) is 6.06. The van der Waals surface area contributed by atoms with E-state index in [1.165, 1.54) is 18.2 Å². The van der Waals surface area contributed by atoms with Crippen LogP contribution in [0.1, 0.15) is 10.4 Å². The number of halogens is 1. The third-order valence-electron chi connectivity index (χ3n) is 1.49. The summed E-state index contributed by atoms with van der Waals surface area (Å²) >= 11 is -2.65. The standard InChI is InChI=1S/C7H5IO4/c9-4-1-2-6-5(3-4)7(10)12-8(6)11/h1-3,9,11H. The second kappa shape index (κ2) is 2.60. The van der Waals surface area contributed by atoms with Gasteiger partial charge in [0.2, 0.25) is 0 Å². The van der Waals surface area contributed by atoms with E-state index in [1.807, 2.05) is 0 Å². The number of phenolic OH excluding ortho intramolecular Hbond substituents is 1.